The summed E-state index contributed by atoms with van der Waals surface area (Å²) in [5, 5.41) is 0. The van der Waals surface area contributed by atoms with Gasteiger partial charge in [0.2, 0.25) is 0 Å². The normalized spacial score (nSPS) is 20.7. The smallest absolute Gasteiger partial charge is 0.161 e. The van der Waals surface area contributed by atoms with E-state index in [2.05, 4.69) is 21.9 Å². The van der Waals surface area contributed by atoms with Crippen molar-refractivity contribution in [2.75, 3.05) is 66.8 Å². The topological polar surface area (TPSA) is 43.4 Å². The molecule has 2 aliphatic rings. The highest BCUT2D eigenvalue weighted by atomic mass is 16.5. The second-order valence-corrected chi connectivity index (χ2v) is 5.78. The minimum atomic E-state index is 0.225. The molecule has 0 bridgehead atoms. The SMILES string of the molecule is COc1ccc(C(N2CCOCC2)N2CCOCC2)cc1OC. The maximum atomic E-state index is 5.52. The summed E-state index contributed by atoms with van der Waals surface area (Å²) in [6.45, 7) is 6.91. The van der Waals surface area contributed by atoms with Gasteiger partial charge in [-0.1, -0.05) is 6.07 Å². The van der Waals surface area contributed by atoms with Gasteiger partial charge in [0, 0.05) is 26.2 Å². The summed E-state index contributed by atoms with van der Waals surface area (Å²) in [4.78, 5) is 4.96. The average Bonchev–Trinajstić information content (AvgIpc) is 2.63. The van der Waals surface area contributed by atoms with E-state index in [-0.39, 0.29) is 6.17 Å². The average molecular weight is 322 g/mol. The molecular formula is C17H26N2O4. The monoisotopic (exact) mass is 322 g/mol. The van der Waals surface area contributed by atoms with Crippen molar-refractivity contribution in [3.63, 3.8) is 0 Å². The van der Waals surface area contributed by atoms with Crippen LogP contribution in [0.2, 0.25) is 0 Å². The predicted molar refractivity (Wildman–Crippen MR) is 87.1 cm³/mol. The molecule has 128 valence electrons. The Labute approximate surface area is 137 Å². The summed E-state index contributed by atoms with van der Waals surface area (Å²) in [5.74, 6) is 1.54. The van der Waals surface area contributed by atoms with Crippen LogP contribution in [0.25, 0.3) is 0 Å². The molecule has 0 N–H and O–H groups in total. The van der Waals surface area contributed by atoms with Gasteiger partial charge >= 0.3 is 0 Å². The van der Waals surface area contributed by atoms with E-state index in [1.54, 1.807) is 14.2 Å². The molecule has 2 fully saturated rings. The lowest BCUT2D eigenvalue weighted by Crippen LogP contribution is -2.50. The van der Waals surface area contributed by atoms with E-state index < -0.39 is 0 Å². The minimum Gasteiger partial charge on any atom is -0.493 e. The molecule has 0 unspecified atom stereocenters. The standard InChI is InChI=1S/C17H26N2O4/c1-20-15-4-3-14(13-16(15)21-2)17(18-5-9-22-10-6-18)19-7-11-23-12-8-19/h3-4,13,17H,5-12H2,1-2H3. The lowest BCUT2D eigenvalue weighted by Gasteiger charge is -2.43. The van der Waals surface area contributed by atoms with Gasteiger partial charge in [-0.15, -0.1) is 0 Å². The van der Waals surface area contributed by atoms with Crippen LogP contribution in [0.4, 0.5) is 0 Å². The number of hydrogen-bond acceptors (Lipinski definition) is 6. The van der Waals surface area contributed by atoms with Crippen molar-refractivity contribution in [2.24, 2.45) is 0 Å². The van der Waals surface area contributed by atoms with Gasteiger partial charge in [0.05, 0.1) is 46.8 Å². The largest absolute Gasteiger partial charge is 0.493 e. The molecule has 3 rings (SSSR count). The zero-order valence-corrected chi connectivity index (χ0v) is 14.0. The van der Waals surface area contributed by atoms with Gasteiger partial charge in [-0.3, -0.25) is 9.80 Å². The summed E-state index contributed by atoms with van der Waals surface area (Å²) in [6.07, 6.45) is 0.225. The maximum absolute atomic E-state index is 5.52. The third-order valence-corrected chi connectivity index (χ3v) is 4.49. The van der Waals surface area contributed by atoms with Crippen LogP contribution < -0.4 is 9.47 Å². The first-order chi connectivity index (χ1) is 11.3. The number of nitrogens with zero attached hydrogens (tertiary/aromatic N) is 2. The second-order valence-electron chi connectivity index (χ2n) is 5.78. The number of hydrogen-bond donors (Lipinski definition) is 0. The van der Waals surface area contributed by atoms with Crippen LogP contribution in [0.1, 0.15) is 11.7 Å². The summed E-state index contributed by atoms with van der Waals surface area (Å²) in [6, 6.07) is 6.22. The molecule has 2 heterocycles. The Bertz CT molecular complexity index is 481. The van der Waals surface area contributed by atoms with Crippen LogP contribution in [0.15, 0.2) is 18.2 Å². The molecule has 0 saturated carbocycles. The highest BCUT2D eigenvalue weighted by Crippen LogP contribution is 2.34. The fraction of sp³-hybridized carbons (Fsp3) is 0.647. The van der Waals surface area contributed by atoms with Crippen molar-refractivity contribution in [2.45, 2.75) is 6.17 Å². The second kappa shape index (κ2) is 7.97. The molecule has 6 heteroatoms. The third-order valence-electron chi connectivity index (χ3n) is 4.49. The predicted octanol–water partition coefficient (Wildman–Crippen LogP) is 1.37. The van der Waals surface area contributed by atoms with Gasteiger partial charge < -0.3 is 18.9 Å². The Morgan fingerprint density at radius 2 is 1.35 bits per heavy atom. The molecule has 0 spiro atoms. The summed E-state index contributed by atoms with van der Waals surface area (Å²) >= 11 is 0. The Kier molecular flexibility index (Phi) is 5.72. The maximum Gasteiger partial charge on any atom is 0.161 e. The number of methoxy groups -OCH3 is 2. The van der Waals surface area contributed by atoms with E-state index in [1.165, 1.54) is 5.56 Å². The molecule has 2 aliphatic heterocycles. The van der Waals surface area contributed by atoms with Crippen LogP contribution in [-0.4, -0.2) is 76.6 Å². The molecule has 1 aromatic rings. The lowest BCUT2D eigenvalue weighted by atomic mass is 10.1. The van der Waals surface area contributed by atoms with E-state index in [4.69, 9.17) is 18.9 Å². The first-order valence-electron chi connectivity index (χ1n) is 8.19. The van der Waals surface area contributed by atoms with E-state index in [0.717, 1.165) is 64.1 Å². The van der Waals surface area contributed by atoms with E-state index in [9.17, 15) is 0 Å². The van der Waals surface area contributed by atoms with Gasteiger partial charge in [0.1, 0.15) is 0 Å². The minimum absolute atomic E-state index is 0.225. The number of ether oxygens (including phenoxy) is 4. The quantitative estimate of drug-likeness (QED) is 0.816. The first kappa shape index (κ1) is 16.5. The summed E-state index contributed by atoms with van der Waals surface area (Å²) in [7, 11) is 3.35. The molecule has 1 aromatic carbocycles. The molecule has 23 heavy (non-hydrogen) atoms. The third kappa shape index (κ3) is 3.77. The fourth-order valence-electron chi connectivity index (χ4n) is 3.31. The van der Waals surface area contributed by atoms with Gasteiger partial charge in [-0.25, -0.2) is 0 Å². The molecular weight excluding hydrogens is 296 g/mol. The van der Waals surface area contributed by atoms with Crippen molar-refractivity contribution >= 4 is 0 Å². The van der Waals surface area contributed by atoms with Gasteiger partial charge in [0.15, 0.2) is 11.5 Å². The van der Waals surface area contributed by atoms with E-state index in [1.807, 2.05) is 6.07 Å². The van der Waals surface area contributed by atoms with E-state index in [0.29, 0.717) is 0 Å². The Hall–Kier alpha value is -1.34. The first-order valence-corrected chi connectivity index (χ1v) is 8.19. The molecule has 2 saturated heterocycles. The Balaban J connectivity index is 1.89. The van der Waals surface area contributed by atoms with Gasteiger partial charge in [-0.2, -0.15) is 0 Å². The van der Waals surface area contributed by atoms with Crippen molar-refractivity contribution in [1.82, 2.24) is 9.80 Å². The van der Waals surface area contributed by atoms with Gasteiger partial charge in [0.25, 0.3) is 0 Å². The van der Waals surface area contributed by atoms with Gasteiger partial charge in [-0.05, 0) is 17.7 Å². The molecule has 0 amide bonds. The molecule has 0 aliphatic carbocycles. The highest BCUT2D eigenvalue weighted by Gasteiger charge is 2.30. The molecule has 0 aromatic heterocycles. The molecule has 0 radical (unpaired) electrons. The molecule has 0 atom stereocenters. The van der Waals surface area contributed by atoms with Crippen molar-refractivity contribution in [3.05, 3.63) is 23.8 Å². The number of rotatable bonds is 5. The van der Waals surface area contributed by atoms with Crippen LogP contribution in [0, 0.1) is 0 Å². The lowest BCUT2D eigenvalue weighted by molar-refractivity contribution is -0.0676. The van der Waals surface area contributed by atoms with Crippen molar-refractivity contribution in [3.8, 4) is 11.5 Å². The van der Waals surface area contributed by atoms with Crippen LogP contribution in [0.3, 0.4) is 0 Å². The highest BCUT2D eigenvalue weighted by molar-refractivity contribution is 5.43. The Morgan fingerprint density at radius 1 is 0.826 bits per heavy atom. The van der Waals surface area contributed by atoms with E-state index >= 15 is 0 Å². The van der Waals surface area contributed by atoms with Crippen molar-refractivity contribution in [1.29, 1.82) is 0 Å². The zero-order valence-electron chi connectivity index (χ0n) is 14.0. The Morgan fingerprint density at radius 3 is 1.83 bits per heavy atom. The van der Waals surface area contributed by atoms with Crippen LogP contribution in [-0.2, 0) is 9.47 Å². The molecule has 6 nitrogen and oxygen atoms in total. The summed E-state index contributed by atoms with van der Waals surface area (Å²) < 4.78 is 21.9. The zero-order chi connectivity index (χ0) is 16.1. The number of benzene rings is 1. The fourth-order valence-corrected chi connectivity index (χ4v) is 3.31. The van der Waals surface area contributed by atoms with Crippen molar-refractivity contribution < 1.29 is 18.9 Å². The summed E-state index contributed by atoms with van der Waals surface area (Å²) in [5.41, 5.74) is 1.23. The van der Waals surface area contributed by atoms with Crippen LogP contribution >= 0.6 is 0 Å². The van der Waals surface area contributed by atoms with Crippen LogP contribution in [0.5, 0.6) is 11.5 Å². The number of morpholine rings is 2.